The largest absolute Gasteiger partial charge is 0.344 e. The molecule has 1 aliphatic carbocycles. The molecule has 4 rings (SSSR count). The zero-order valence-corrected chi connectivity index (χ0v) is 16.4. The minimum atomic E-state index is -0.401. The Labute approximate surface area is 166 Å². The van der Waals surface area contributed by atoms with Crippen molar-refractivity contribution in [3.8, 4) is 0 Å². The topological polar surface area (TPSA) is 49.4 Å². The molecule has 0 aromatic heterocycles. The van der Waals surface area contributed by atoms with Gasteiger partial charge < -0.3 is 10.2 Å². The molecule has 1 aliphatic heterocycles. The molecule has 0 bridgehead atoms. The van der Waals surface area contributed by atoms with Crippen LogP contribution in [0.2, 0.25) is 0 Å². The fraction of sp³-hybridized carbons (Fsp3) is 0.417. The number of nitrogens with one attached hydrogen (secondary N) is 1. The SMILES string of the molecule is CC(=O)N[C@H](C(=O)N1Cc2ccccc2[C@@H](c2ccccc2)C1)C1CCCC1. The van der Waals surface area contributed by atoms with Crippen LogP contribution in [0.5, 0.6) is 0 Å². The minimum absolute atomic E-state index is 0.0672. The predicted octanol–water partition coefficient (Wildman–Crippen LogP) is 3.86. The molecule has 146 valence electrons. The van der Waals surface area contributed by atoms with Gasteiger partial charge in [-0.05, 0) is 35.4 Å². The maximum absolute atomic E-state index is 13.5. The zero-order chi connectivity index (χ0) is 19.5. The van der Waals surface area contributed by atoms with Crippen LogP contribution in [0.1, 0.15) is 55.2 Å². The second-order valence-electron chi connectivity index (χ2n) is 8.10. The number of carbonyl (C=O) groups excluding carboxylic acids is 2. The van der Waals surface area contributed by atoms with E-state index in [-0.39, 0.29) is 23.7 Å². The smallest absolute Gasteiger partial charge is 0.245 e. The van der Waals surface area contributed by atoms with E-state index >= 15 is 0 Å². The molecule has 2 atom stereocenters. The summed E-state index contributed by atoms with van der Waals surface area (Å²) < 4.78 is 0. The third kappa shape index (κ3) is 3.82. The van der Waals surface area contributed by atoms with Crippen LogP contribution < -0.4 is 5.32 Å². The lowest BCUT2D eigenvalue weighted by molar-refractivity contribution is -0.138. The minimum Gasteiger partial charge on any atom is -0.344 e. The molecule has 28 heavy (non-hydrogen) atoms. The molecule has 1 N–H and O–H groups in total. The second-order valence-corrected chi connectivity index (χ2v) is 8.10. The Bertz CT molecular complexity index is 843. The van der Waals surface area contributed by atoms with Gasteiger partial charge >= 0.3 is 0 Å². The van der Waals surface area contributed by atoms with Gasteiger partial charge in [0.2, 0.25) is 11.8 Å². The first-order valence-electron chi connectivity index (χ1n) is 10.3. The molecule has 4 nitrogen and oxygen atoms in total. The molecule has 2 amide bonds. The van der Waals surface area contributed by atoms with Crippen molar-refractivity contribution in [3.63, 3.8) is 0 Å². The van der Waals surface area contributed by atoms with E-state index in [9.17, 15) is 9.59 Å². The van der Waals surface area contributed by atoms with Crippen molar-refractivity contribution in [2.45, 2.75) is 51.1 Å². The summed E-state index contributed by atoms with van der Waals surface area (Å²) in [6.07, 6.45) is 4.32. The lowest BCUT2D eigenvalue weighted by Gasteiger charge is -2.38. The summed E-state index contributed by atoms with van der Waals surface area (Å²) in [4.78, 5) is 27.3. The molecule has 1 heterocycles. The van der Waals surface area contributed by atoms with Crippen LogP contribution in [0.15, 0.2) is 54.6 Å². The molecule has 2 aromatic rings. The van der Waals surface area contributed by atoms with Gasteiger partial charge in [-0.3, -0.25) is 9.59 Å². The summed E-state index contributed by atoms with van der Waals surface area (Å²) in [6, 6.07) is 18.4. The Balaban J connectivity index is 1.64. The Hall–Kier alpha value is -2.62. The van der Waals surface area contributed by atoms with Crippen LogP contribution in [0.3, 0.4) is 0 Å². The van der Waals surface area contributed by atoms with E-state index in [1.54, 1.807) is 0 Å². The summed E-state index contributed by atoms with van der Waals surface area (Å²) >= 11 is 0. The van der Waals surface area contributed by atoms with Crippen LogP contribution in [-0.4, -0.2) is 29.3 Å². The molecular formula is C24H28N2O2. The van der Waals surface area contributed by atoms with Gasteiger partial charge in [0.25, 0.3) is 0 Å². The third-order valence-corrected chi connectivity index (χ3v) is 6.20. The fourth-order valence-corrected chi connectivity index (χ4v) is 4.83. The van der Waals surface area contributed by atoms with Crippen molar-refractivity contribution in [3.05, 3.63) is 71.3 Å². The van der Waals surface area contributed by atoms with E-state index in [2.05, 4.69) is 47.8 Å². The van der Waals surface area contributed by atoms with Crippen molar-refractivity contribution in [1.29, 1.82) is 0 Å². The molecule has 1 fully saturated rings. The van der Waals surface area contributed by atoms with Gasteiger partial charge in [0, 0.05) is 25.9 Å². The molecule has 0 saturated heterocycles. The molecule has 0 radical (unpaired) electrons. The molecule has 0 spiro atoms. The Morgan fingerprint density at radius 3 is 2.39 bits per heavy atom. The fourth-order valence-electron chi connectivity index (χ4n) is 4.83. The van der Waals surface area contributed by atoms with Crippen molar-refractivity contribution < 1.29 is 9.59 Å². The number of carbonyl (C=O) groups is 2. The van der Waals surface area contributed by atoms with Crippen molar-refractivity contribution in [2.75, 3.05) is 6.54 Å². The maximum atomic E-state index is 13.5. The zero-order valence-electron chi connectivity index (χ0n) is 16.4. The highest BCUT2D eigenvalue weighted by molar-refractivity contribution is 5.87. The first kappa shape index (κ1) is 18.7. The highest BCUT2D eigenvalue weighted by Crippen LogP contribution is 2.35. The van der Waals surface area contributed by atoms with Gasteiger partial charge in [0.05, 0.1) is 0 Å². The van der Waals surface area contributed by atoms with Gasteiger partial charge in [-0.2, -0.15) is 0 Å². The van der Waals surface area contributed by atoms with Gasteiger partial charge in [-0.1, -0.05) is 67.4 Å². The van der Waals surface area contributed by atoms with Crippen LogP contribution in [0, 0.1) is 5.92 Å². The van der Waals surface area contributed by atoms with Crippen molar-refractivity contribution >= 4 is 11.8 Å². The quantitative estimate of drug-likeness (QED) is 0.881. The molecule has 2 aliphatic rings. The number of fused-ring (bicyclic) bond motifs is 1. The first-order valence-corrected chi connectivity index (χ1v) is 10.3. The number of hydrogen-bond donors (Lipinski definition) is 1. The number of benzene rings is 2. The van der Waals surface area contributed by atoms with E-state index in [0.29, 0.717) is 13.1 Å². The van der Waals surface area contributed by atoms with E-state index in [4.69, 9.17) is 0 Å². The van der Waals surface area contributed by atoms with Crippen molar-refractivity contribution in [2.24, 2.45) is 5.92 Å². The average Bonchev–Trinajstić information content (AvgIpc) is 3.26. The summed E-state index contributed by atoms with van der Waals surface area (Å²) in [7, 11) is 0. The van der Waals surface area contributed by atoms with Gasteiger partial charge in [-0.15, -0.1) is 0 Å². The Kier molecular flexibility index (Phi) is 5.47. The highest BCUT2D eigenvalue weighted by Gasteiger charge is 2.37. The van der Waals surface area contributed by atoms with E-state index in [1.165, 1.54) is 23.6 Å². The van der Waals surface area contributed by atoms with Crippen LogP contribution in [-0.2, 0) is 16.1 Å². The summed E-state index contributed by atoms with van der Waals surface area (Å²) in [5, 5.41) is 2.97. The van der Waals surface area contributed by atoms with E-state index in [1.807, 2.05) is 17.0 Å². The number of nitrogens with zero attached hydrogens (tertiary/aromatic N) is 1. The summed E-state index contributed by atoms with van der Waals surface area (Å²) in [6.45, 7) is 2.78. The van der Waals surface area contributed by atoms with Crippen molar-refractivity contribution in [1.82, 2.24) is 10.2 Å². The third-order valence-electron chi connectivity index (χ3n) is 6.20. The molecule has 4 heteroatoms. The lowest BCUT2D eigenvalue weighted by atomic mass is 9.84. The molecule has 1 saturated carbocycles. The molecular weight excluding hydrogens is 348 g/mol. The number of hydrogen-bond acceptors (Lipinski definition) is 2. The van der Waals surface area contributed by atoms with E-state index < -0.39 is 6.04 Å². The van der Waals surface area contributed by atoms with Crippen LogP contribution in [0.4, 0.5) is 0 Å². The summed E-state index contributed by atoms with van der Waals surface area (Å²) in [5.41, 5.74) is 3.73. The Morgan fingerprint density at radius 2 is 1.68 bits per heavy atom. The number of amides is 2. The van der Waals surface area contributed by atoms with E-state index in [0.717, 1.165) is 25.7 Å². The lowest BCUT2D eigenvalue weighted by Crippen LogP contribution is -2.53. The number of rotatable bonds is 4. The van der Waals surface area contributed by atoms with Gasteiger partial charge in [0.1, 0.15) is 6.04 Å². The summed E-state index contributed by atoms with van der Waals surface area (Å²) in [5.74, 6) is 0.361. The monoisotopic (exact) mass is 376 g/mol. The normalized spacial score (nSPS) is 20.5. The molecule has 0 unspecified atom stereocenters. The second kappa shape index (κ2) is 8.17. The average molecular weight is 377 g/mol. The first-order chi connectivity index (χ1) is 13.6. The highest BCUT2D eigenvalue weighted by atomic mass is 16.2. The predicted molar refractivity (Wildman–Crippen MR) is 110 cm³/mol. The van der Waals surface area contributed by atoms with Gasteiger partial charge in [-0.25, -0.2) is 0 Å². The van der Waals surface area contributed by atoms with Crippen LogP contribution >= 0.6 is 0 Å². The maximum Gasteiger partial charge on any atom is 0.245 e. The molecule has 2 aromatic carbocycles. The van der Waals surface area contributed by atoms with Gasteiger partial charge in [0.15, 0.2) is 0 Å². The standard InChI is InChI=1S/C24H28N2O2/c1-17(27)25-23(19-11-5-6-12-19)24(28)26-15-20-13-7-8-14-21(20)22(16-26)18-9-3-2-4-10-18/h2-4,7-10,13-14,19,22-23H,5-6,11-12,15-16H2,1H3,(H,25,27)/t22-,23+/m1/s1. The van der Waals surface area contributed by atoms with Crippen LogP contribution in [0.25, 0.3) is 0 Å². The Morgan fingerprint density at radius 1 is 1.00 bits per heavy atom.